The molecule has 0 bridgehead atoms. The zero-order chi connectivity index (χ0) is 16.7. The van der Waals surface area contributed by atoms with Crippen LogP contribution >= 0.6 is 0 Å². The normalized spacial score (nSPS) is 11.5. The minimum absolute atomic E-state index is 0.0306. The Hall–Kier alpha value is -2.42. The van der Waals surface area contributed by atoms with Crippen molar-refractivity contribution in [1.82, 2.24) is 9.13 Å². The molecule has 1 aromatic carbocycles. The first-order valence-electron chi connectivity index (χ1n) is 6.21. The zero-order valence-electron chi connectivity index (χ0n) is 12.1. The number of nitrogens with zero attached hydrogens (tertiary/aromatic N) is 2. The molecule has 0 aliphatic rings. The summed E-state index contributed by atoms with van der Waals surface area (Å²) in [6, 6.07) is 5.18. The van der Waals surface area contributed by atoms with E-state index in [1.54, 1.807) is 0 Å². The first kappa shape index (κ1) is 16.0. The summed E-state index contributed by atoms with van der Waals surface area (Å²) in [6.45, 7) is 1.33. The maximum absolute atomic E-state index is 13.6. The van der Waals surface area contributed by atoms with Gasteiger partial charge in [0.2, 0.25) is 0 Å². The lowest BCUT2D eigenvalue weighted by atomic mass is 10.3. The second-order valence-electron chi connectivity index (χ2n) is 4.71. The van der Waals surface area contributed by atoms with Gasteiger partial charge in [0.1, 0.15) is 5.82 Å². The molecule has 1 aromatic heterocycles. The van der Waals surface area contributed by atoms with E-state index in [-0.39, 0.29) is 11.4 Å². The van der Waals surface area contributed by atoms with Crippen LogP contribution in [-0.4, -0.2) is 17.6 Å². The van der Waals surface area contributed by atoms with Gasteiger partial charge in [0.15, 0.2) is 4.90 Å². The summed E-state index contributed by atoms with van der Waals surface area (Å²) in [4.78, 5) is 23.3. The molecule has 0 aliphatic heterocycles. The highest BCUT2D eigenvalue weighted by molar-refractivity contribution is 7.92. The van der Waals surface area contributed by atoms with Gasteiger partial charge >= 0.3 is 5.69 Å². The Morgan fingerprint density at radius 3 is 2.27 bits per heavy atom. The van der Waals surface area contributed by atoms with E-state index in [0.29, 0.717) is 4.57 Å². The first-order valence-corrected chi connectivity index (χ1v) is 7.69. The Bertz CT molecular complexity index is 960. The average Bonchev–Trinajstić information content (AvgIpc) is 2.45. The van der Waals surface area contributed by atoms with Gasteiger partial charge in [0.05, 0.1) is 5.69 Å². The number of hydrogen-bond donors (Lipinski definition) is 1. The quantitative estimate of drug-likeness (QED) is 0.880. The van der Waals surface area contributed by atoms with Crippen LogP contribution < -0.4 is 16.0 Å². The van der Waals surface area contributed by atoms with Crippen molar-refractivity contribution in [3.8, 4) is 0 Å². The Labute approximate surface area is 125 Å². The van der Waals surface area contributed by atoms with Crippen LogP contribution in [-0.2, 0) is 24.1 Å². The van der Waals surface area contributed by atoms with Crippen LogP contribution in [0.1, 0.15) is 5.69 Å². The van der Waals surface area contributed by atoms with E-state index in [0.717, 1.165) is 10.6 Å². The number of anilines is 1. The van der Waals surface area contributed by atoms with Crippen molar-refractivity contribution in [1.29, 1.82) is 0 Å². The van der Waals surface area contributed by atoms with Crippen LogP contribution in [0.15, 0.2) is 38.8 Å². The molecule has 22 heavy (non-hydrogen) atoms. The largest absolute Gasteiger partial charge is 0.330 e. The third-order valence-corrected chi connectivity index (χ3v) is 4.79. The molecule has 0 amide bonds. The van der Waals surface area contributed by atoms with Gasteiger partial charge in [-0.25, -0.2) is 17.6 Å². The van der Waals surface area contributed by atoms with E-state index in [9.17, 15) is 22.4 Å². The fraction of sp³-hybridized carbons (Fsp3) is 0.231. The van der Waals surface area contributed by atoms with Gasteiger partial charge in [-0.1, -0.05) is 12.1 Å². The molecular formula is C13H14FN3O4S. The molecule has 9 heteroatoms. The average molecular weight is 327 g/mol. The number of aromatic nitrogens is 2. The summed E-state index contributed by atoms with van der Waals surface area (Å²) in [7, 11) is -1.82. The molecule has 118 valence electrons. The third-order valence-electron chi connectivity index (χ3n) is 3.29. The van der Waals surface area contributed by atoms with Crippen LogP contribution in [0.25, 0.3) is 0 Å². The highest BCUT2D eigenvalue weighted by atomic mass is 32.2. The monoisotopic (exact) mass is 327 g/mol. The van der Waals surface area contributed by atoms with Crippen molar-refractivity contribution in [3.05, 3.63) is 56.6 Å². The third kappa shape index (κ3) is 2.54. The van der Waals surface area contributed by atoms with Crippen molar-refractivity contribution in [3.63, 3.8) is 0 Å². The molecule has 0 aliphatic carbocycles. The summed E-state index contributed by atoms with van der Waals surface area (Å²) in [5.74, 6) is -0.773. The Morgan fingerprint density at radius 2 is 1.68 bits per heavy atom. The molecule has 1 N–H and O–H groups in total. The van der Waals surface area contributed by atoms with Gasteiger partial charge in [-0.3, -0.25) is 18.7 Å². The Balaban J connectivity index is 2.69. The molecule has 7 nitrogen and oxygen atoms in total. The summed E-state index contributed by atoms with van der Waals surface area (Å²) in [5, 5.41) is 0. The second-order valence-corrected chi connectivity index (χ2v) is 6.32. The summed E-state index contributed by atoms with van der Waals surface area (Å²) in [6.07, 6.45) is 0. The molecule has 1 heterocycles. The van der Waals surface area contributed by atoms with Crippen molar-refractivity contribution >= 4 is 15.7 Å². The molecule has 0 atom stereocenters. The van der Waals surface area contributed by atoms with Gasteiger partial charge in [-0.05, 0) is 19.1 Å². The number of rotatable bonds is 3. The fourth-order valence-corrected chi connectivity index (χ4v) is 3.41. The van der Waals surface area contributed by atoms with Crippen molar-refractivity contribution < 1.29 is 12.8 Å². The minimum Gasteiger partial charge on any atom is -0.300 e. The number of benzene rings is 1. The Morgan fingerprint density at radius 1 is 1.09 bits per heavy atom. The highest BCUT2D eigenvalue weighted by Crippen LogP contribution is 2.18. The topological polar surface area (TPSA) is 90.2 Å². The molecule has 0 saturated heterocycles. The molecule has 2 aromatic rings. The summed E-state index contributed by atoms with van der Waals surface area (Å²) >= 11 is 0. The van der Waals surface area contributed by atoms with Gasteiger partial charge in [-0.15, -0.1) is 0 Å². The Kier molecular flexibility index (Phi) is 3.92. The lowest BCUT2D eigenvalue weighted by molar-refractivity contribution is 0.582. The molecule has 0 fully saturated rings. The van der Waals surface area contributed by atoms with Gasteiger partial charge in [-0.2, -0.15) is 0 Å². The maximum Gasteiger partial charge on any atom is 0.330 e. The van der Waals surface area contributed by atoms with Crippen molar-refractivity contribution in [2.75, 3.05) is 4.72 Å². The van der Waals surface area contributed by atoms with Crippen LogP contribution in [0, 0.1) is 12.7 Å². The lowest BCUT2D eigenvalue weighted by Crippen LogP contribution is -2.42. The lowest BCUT2D eigenvalue weighted by Gasteiger charge is -2.13. The van der Waals surface area contributed by atoms with Gasteiger partial charge < -0.3 is 0 Å². The molecule has 0 unspecified atom stereocenters. The molecule has 0 radical (unpaired) electrons. The van der Waals surface area contributed by atoms with E-state index in [1.165, 1.54) is 39.2 Å². The van der Waals surface area contributed by atoms with Crippen LogP contribution in [0.3, 0.4) is 0 Å². The summed E-state index contributed by atoms with van der Waals surface area (Å²) < 4.78 is 42.2. The van der Waals surface area contributed by atoms with Crippen molar-refractivity contribution in [2.45, 2.75) is 11.8 Å². The van der Waals surface area contributed by atoms with Gasteiger partial charge in [0.25, 0.3) is 15.6 Å². The first-order chi connectivity index (χ1) is 10.2. The van der Waals surface area contributed by atoms with E-state index in [1.807, 2.05) is 4.72 Å². The van der Waals surface area contributed by atoms with E-state index >= 15 is 0 Å². The minimum atomic E-state index is -4.34. The number of hydrogen-bond acceptors (Lipinski definition) is 4. The van der Waals surface area contributed by atoms with Gasteiger partial charge in [0, 0.05) is 19.8 Å². The predicted octanol–water partition coefficient (Wildman–Crippen LogP) is 0.332. The predicted molar refractivity (Wildman–Crippen MR) is 78.9 cm³/mol. The SMILES string of the molecule is Cc1c(S(=O)(=O)Nc2ccccc2F)c(=O)n(C)c(=O)n1C. The number of para-hydroxylation sites is 1. The zero-order valence-corrected chi connectivity index (χ0v) is 12.9. The fourth-order valence-electron chi connectivity index (χ4n) is 1.96. The maximum atomic E-state index is 13.6. The van der Waals surface area contributed by atoms with E-state index in [4.69, 9.17) is 0 Å². The summed E-state index contributed by atoms with van der Waals surface area (Å²) in [5.41, 5.74) is -1.92. The molecular weight excluding hydrogens is 313 g/mol. The molecule has 2 rings (SSSR count). The smallest absolute Gasteiger partial charge is 0.300 e. The number of nitrogens with one attached hydrogen (secondary N) is 1. The highest BCUT2D eigenvalue weighted by Gasteiger charge is 2.26. The van der Waals surface area contributed by atoms with Crippen LogP contribution in [0.5, 0.6) is 0 Å². The molecule has 0 saturated carbocycles. The van der Waals surface area contributed by atoms with Crippen molar-refractivity contribution in [2.24, 2.45) is 14.1 Å². The van der Waals surface area contributed by atoms with E-state index in [2.05, 4.69) is 0 Å². The number of halogens is 1. The number of sulfonamides is 1. The molecule has 0 spiro atoms. The van der Waals surface area contributed by atoms with Crippen LogP contribution in [0.4, 0.5) is 10.1 Å². The van der Waals surface area contributed by atoms with Crippen LogP contribution in [0.2, 0.25) is 0 Å². The van der Waals surface area contributed by atoms with E-state index < -0.39 is 32.0 Å². The second kappa shape index (κ2) is 5.41. The standard InChI is InChI=1S/C13H14FN3O4S/c1-8-11(12(18)17(3)13(19)16(8)2)22(20,21)15-10-7-5-4-6-9(10)14/h4-7,15H,1-3H3.